The van der Waals surface area contributed by atoms with Crippen molar-refractivity contribution in [1.82, 2.24) is 19.7 Å². The first-order valence-corrected chi connectivity index (χ1v) is 9.86. The molecule has 0 aliphatic rings. The summed E-state index contributed by atoms with van der Waals surface area (Å²) >= 11 is 2.77. The summed E-state index contributed by atoms with van der Waals surface area (Å²) in [4.78, 5) is 15.1. The van der Waals surface area contributed by atoms with Crippen molar-refractivity contribution in [2.24, 2.45) is 0 Å². The van der Waals surface area contributed by atoms with Crippen molar-refractivity contribution in [1.29, 1.82) is 0 Å². The third-order valence-electron chi connectivity index (χ3n) is 3.83. The molecule has 3 heterocycles. The highest BCUT2D eigenvalue weighted by atomic mass is 32.2. The molecule has 0 atom stereocenters. The number of benzene rings is 1. The van der Waals surface area contributed by atoms with Crippen LogP contribution in [0, 0.1) is 6.92 Å². The molecule has 0 fully saturated rings. The number of thiazole rings is 1. The van der Waals surface area contributed by atoms with Gasteiger partial charge in [0.1, 0.15) is 5.01 Å². The Labute approximate surface area is 162 Å². The SMILES string of the molecule is Cc1ccccc1-n1c(SCc2nc(C(=O)O)cs2)nnc1-c1ccco1. The lowest BCUT2D eigenvalue weighted by atomic mass is 10.2. The maximum atomic E-state index is 11.0. The van der Waals surface area contributed by atoms with Crippen LogP contribution in [0.1, 0.15) is 21.1 Å². The Morgan fingerprint density at radius 1 is 1.26 bits per heavy atom. The van der Waals surface area contributed by atoms with E-state index in [1.54, 1.807) is 11.6 Å². The number of furan rings is 1. The number of aromatic carboxylic acids is 1. The average molecular weight is 398 g/mol. The summed E-state index contributed by atoms with van der Waals surface area (Å²) in [5, 5.41) is 20.6. The standard InChI is InChI=1S/C18H14N4O3S2/c1-11-5-2-3-6-13(11)22-16(14-7-4-8-25-14)20-21-18(22)27-10-15-19-12(9-26-15)17(23)24/h2-9H,10H2,1H3,(H,23,24). The van der Waals surface area contributed by atoms with Gasteiger partial charge in [-0.15, -0.1) is 21.5 Å². The lowest BCUT2D eigenvalue weighted by Crippen LogP contribution is -2.01. The summed E-state index contributed by atoms with van der Waals surface area (Å²) in [6.07, 6.45) is 1.60. The van der Waals surface area contributed by atoms with Crippen LogP contribution in [0.15, 0.2) is 57.6 Å². The summed E-state index contributed by atoms with van der Waals surface area (Å²) in [5.74, 6) is 0.716. The number of hydrogen-bond acceptors (Lipinski definition) is 7. The first kappa shape index (κ1) is 17.5. The Morgan fingerprint density at radius 3 is 2.81 bits per heavy atom. The third-order valence-corrected chi connectivity index (χ3v) is 5.80. The van der Waals surface area contributed by atoms with Gasteiger partial charge in [0, 0.05) is 5.38 Å². The van der Waals surface area contributed by atoms with E-state index in [2.05, 4.69) is 15.2 Å². The predicted octanol–water partition coefficient (Wildman–Crippen LogP) is 4.28. The van der Waals surface area contributed by atoms with Gasteiger partial charge < -0.3 is 9.52 Å². The minimum absolute atomic E-state index is 0.0623. The van der Waals surface area contributed by atoms with Crippen LogP contribution >= 0.6 is 23.1 Å². The highest BCUT2D eigenvalue weighted by Crippen LogP contribution is 2.31. The summed E-state index contributed by atoms with van der Waals surface area (Å²) in [7, 11) is 0. The summed E-state index contributed by atoms with van der Waals surface area (Å²) in [6, 6.07) is 11.6. The Bertz CT molecular complexity index is 1090. The number of nitrogens with zero attached hydrogens (tertiary/aromatic N) is 4. The van der Waals surface area contributed by atoms with Gasteiger partial charge in [-0.1, -0.05) is 30.0 Å². The number of aryl methyl sites for hydroxylation is 1. The number of hydrogen-bond donors (Lipinski definition) is 1. The molecule has 0 saturated carbocycles. The van der Waals surface area contributed by atoms with Crippen LogP contribution in [-0.2, 0) is 5.75 Å². The van der Waals surface area contributed by atoms with Gasteiger partial charge in [-0.2, -0.15) is 0 Å². The monoisotopic (exact) mass is 398 g/mol. The van der Waals surface area contributed by atoms with E-state index in [0.717, 1.165) is 16.3 Å². The van der Waals surface area contributed by atoms with Crippen LogP contribution in [0.2, 0.25) is 0 Å². The van der Waals surface area contributed by atoms with E-state index < -0.39 is 5.97 Å². The molecule has 0 unspecified atom stereocenters. The second-order valence-electron chi connectivity index (χ2n) is 5.63. The van der Waals surface area contributed by atoms with Gasteiger partial charge >= 0.3 is 5.97 Å². The van der Waals surface area contributed by atoms with Crippen molar-refractivity contribution in [3.8, 4) is 17.3 Å². The number of thioether (sulfide) groups is 1. The molecule has 0 radical (unpaired) electrons. The van der Waals surface area contributed by atoms with Crippen LogP contribution < -0.4 is 0 Å². The maximum absolute atomic E-state index is 11.0. The molecule has 4 aromatic rings. The van der Waals surface area contributed by atoms with E-state index in [1.165, 1.54) is 23.1 Å². The smallest absolute Gasteiger partial charge is 0.355 e. The van der Waals surface area contributed by atoms with E-state index in [1.807, 2.05) is 47.9 Å². The molecular formula is C18H14N4O3S2. The van der Waals surface area contributed by atoms with Gasteiger partial charge in [-0.25, -0.2) is 9.78 Å². The maximum Gasteiger partial charge on any atom is 0.355 e. The zero-order valence-corrected chi connectivity index (χ0v) is 15.8. The largest absolute Gasteiger partial charge is 0.476 e. The van der Waals surface area contributed by atoms with Crippen LogP contribution in [0.3, 0.4) is 0 Å². The number of rotatable bonds is 6. The Kier molecular flexibility index (Phi) is 4.78. The second kappa shape index (κ2) is 7.37. The van der Waals surface area contributed by atoms with Crippen LogP contribution in [0.5, 0.6) is 0 Å². The van der Waals surface area contributed by atoms with Crippen molar-refractivity contribution in [3.63, 3.8) is 0 Å². The number of para-hydroxylation sites is 1. The Hall–Kier alpha value is -2.91. The summed E-state index contributed by atoms with van der Waals surface area (Å²) in [5.41, 5.74) is 2.10. The lowest BCUT2D eigenvalue weighted by Gasteiger charge is -2.11. The predicted molar refractivity (Wildman–Crippen MR) is 102 cm³/mol. The molecule has 0 bridgehead atoms. The minimum Gasteiger partial charge on any atom is -0.476 e. The van der Waals surface area contributed by atoms with E-state index in [0.29, 0.717) is 22.5 Å². The topological polar surface area (TPSA) is 94.0 Å². The number of aromatic nitrogens is 4. The van der Waals surface area contributed by atoms with Crippen molar-refractivity contribution in [2.45, 2.75) is 17.8 Å². The van der Waals surface area contributed by atoms with E-state index in [4.69, 9.17) is 9.52 Å². The highest BCUT2D eigenvalue weighted by molar-refractivity contribution is 7.98. The normalized spacial score (nSPS) is 11.0. The lowest BCUT2D eigenvalue weighted by molar-refractivity contribution is 0.0691. The average Bonchev–Trinajstić information content (AvgIpc) is 3.40. The van der Waals surface area contributed by atoms with Crippen LogP contribution in [0.25, 0.3) is 17.3 Å². The van der Waals surface area contributed by atoms with Crippen molar-refractivity contribution < 1.29 is 14.3 Å². The number of carbonyl (C=O) groups is 1. The summed E-state index contributed by atoms with van der Waals surface area (Å²) in [6.45, 7) is 2.02. The van der Waals surface area contributed by atoms with Gasteiger partial charge in [-0.05, 0) is 30.7 Å². The first-order valence-electron chi connectivity index (χ1n) is 7.99. The summed E-state index contributed by atoms with van der Waals surface area (Å²) < 4.78 is 7.47. The molecule has 0 amide bonds. The van der Waals surface area contributed by atoms with Gasteiger partial charge in [0.25, 0.3) is 0 Å². The zero-order chi connectivity index (χ0) is 18.8. The molecule has 3 aromatic heterocycles. The zero-order valence-electron chi connectivity index (χ0n) is 14.2. The molecule has 0 aliphatic carbocycles. The fourth-order valence-electron chi connectivity index (χ4n) is 2.56. The quantitative estimate of drug-likeness (QED) is 0.484. The van der Waals surface area contributed by atoms with Crippen molar-refractivity contribution >= 4 is 29.1 Å². The van der Waals surface area contributed by atoms with Crippen molar-refractivity contribution in [2.75, 3.05) is 0 Å². The van der Waals surface area contributed by atoms with E-state index in [9.17, 15) is 4.79 Å². The van der Waals surface area contributed by atoms with Crippen LogP contribution in [-0.4, -0.2) is 30.8 Å². The molecule has 27 heavy (non-hydrogen) atoms. The molecule has 0 aliphatic heterocycles. The molecular weight excluding hydrogens is 384 g/mol. The highest BCUT2D eigenvalue weighted by Gasteiger charge is 2.19. The van der Waals surface area contributed by atoms with Gasteiger partial charge in [-0.3, -0.25) is 4.57 Å². The van der Waals surface area contributed by atoms with E-state index >= 15 is 0 Å². The Morgan fingerprint density at radius 2 is 2.11 bits per heavy atom. The molecule has 1 N–H and O–H groups in total. The van der Waals surface area contributed by atoms with Crippen LogP contribution in [0.4, 0.5) is 0 Å². The molecule has 0 spiro atoms. The molecule has 1 aromatic carbocycles. The fourth-order valence-corrected chi connectivity index (χ4v) is 4.29. The molecule has 9 heteroatoms. The van der Waals surface area contributed by atoms with Crippen molar-refractivity contribution in [3.05, 3.63) is 64.3 Å². The molecule has 7 nitrogen and oxygen atoms in total. The molecule has 4 rings (SSSR count). The van der Waals surface area contributed by atoms with Gasteiger partial charge in [0.05, 0.1) is 17.7 Å². The minimum atomic E-state index is -1.02. The molecule has 0 saturated heterocycles. The number of carboxylic acid groups (broad SMARTS) is 1. The Balaban J connectivity index is 1.70. The van der Waals surface area contributed by atoms with Gasteiger partial charge in [0.15, 0.2) is 16.6 Å². The number of carboxylic acids is 1. The third kappa shape index (κ3) is 3.51. The van der Waals surface area contributed by atoms with E-state index in [-0.39, 0.29) is 5.69 Å². The van der Waals surface area contributed by atoms with Gasteiger partial charge in [0.2, 0.25) is 5.82 Å². The first-order chi connectivity index (χ1) is 13.1. The molecule has 136 valence electrons. The fraction of sp³-hybridized carbons (Fsp3) is 0.111. The second-order valence-corrected chi connectivity index (χ2v) is 7.51.